The van der Waals surface area contributed by atoms with E-state index in [0.717, 1.165) is 15.7 Å². The first-order valence-electron chi connectivity index (χ1n) is 7.93. The molecule has 2 heterocycles. The van der Waals surface area contributed by atoms with Gasteiger partial charge in [0.1, 0.15) is 11.4 Å². The molecule has 0 spiro atoms. The third-order valence-electron chi connectivity index (χ3n) is 3.84. The molecular formula is C18H13BrN6OS. The minimum atomic E-state index is 0.117. The summed E-state index contributed by atoms with van der Waals surface area (Å²) in [6, 6.07) is 16.8. The predicted octanol–water partition coefficient (Wildman–Crippen LogP) is 4.35. The van der Waals surface area contributed by atoms with Gasteiger partial charge in [-0.05, 0) is 36.5 Å². The van der Waals surface area contributed by atoms with Crippen LogP contribution in [-0.2, 0) is 0 Å². The minimum absolute atomic E-state index is 0.117. The van der Waals surface area contributed by atoms with Crippen molar-refractivity contribution in [1.29, 1.82) is 0 Å². The first-order valence-corrected chi connectivity index (χ1v) is 9.13. The lowest BCUT2D eigenvalue weighted by atomic mass is 10.1. The first-order chi connectivity index (χ1) is 13.1. The molecule has 2 aromatic carbocycles. The quantitative estimate of drug-likeness (QED) is 0.324. The van der Waals surface area contributed by atoms with Crippen LogP contribution in [0.5, 0.6) is 5.75 Å². The summed E-state index contributed by atoms with van der Waals surface area (Å²) in [5.74, 6) is 0.604. The van der Waals surface area contributed by atoms with E-state index < -0.39 is 0 Å². The van der Waals surface area contributed by atoms with Gasteiger partial charge in [0, 0.05) is 15.6 Å². The third-order valence-corrected chi connectivity index (χ3v) is 4.60. The summed E-state index contributed by atoms with van der Waals surface area (Å²) in [6.45, 7) is 0. The van der Waals surface area contributed by atoms with Crippen LogP contribution in [0.2, 0.25) is 0 Å². The van der Waals surface area contributed by atoms with Crippen molar-refractivity contribution in [3.05, 3.63) is 69.4 Å². The number of aromatic amines is 2. The largest absolute Gasteiger partial charge is 0.507 e. The Morgan fingerprint density at radius 2 is 1.89 bits per heavy atom. The van der Waals surface area contributed by atoms with Gasteiger partial charge in [-0.3, -0.25) is 5.10 Å². The zero-order chi connectivity index (χ0) is 18.8. The van der Waals surface area contributed by atoms with E-state index in [2.05, 4.69) is 41.4 Å². The maximum atomic E-state index is 9.96. The highest BCUT2D eigenvalue weighted by molar-refractivity contribution is 9.10. The van der Waals surface area contributed by atoms with Crippen LogP contribution in [0, 0.1) is 4.77 Å². The molecule has 0 aliphatic heterocycles. The van der Waals surface area contributed by atoms with E-state index in [1.54, 1.807) is 18.2 Å². The Morgan fingerprint density at radius 3 is 2.70 bits per heavy atom. The van der Waals surface area contributed by atoms with Crippen LogP contribution >= 0.6 is 28.1 Å². The van der Waals surface area contributed by atoms with Gasteiger partial charge in [0.2, 0.25) is 10.6 Å². The maximum Gasteiger partial charge on any atom is 0.216 e. The van der Waals surface area contributed by atoms with Crippen LogP contribution in [-0.4, -0.2) is 36.4 Å². The van der Waals surface area contributed by atoms with E-state index >= 15 is 0 Å². The Bertz CT molecular complexity index is 1180. The fourth-order valence-electron chi connectivity index (χ4n) is 2.51. The monoisotopic (exact) mass is 440 g/mol. The second kappa shape index (κ2) is 7.29. The summed E-state index contributed by atoms with van der Waals surface area (Å²) in [4.78, 5) is 0. The number of hydrogen-bond acceptors (Lipinski definition) is 5. The number of hydrogen-bond donors (Lipinski definition) is 3. The van der Waals surface area contributed by atoms with Crippen molar-refractivity contribution in [3.8, 4) is 28.5 Å². The number of benzene rings is 2. The highest BCUT2D eigenvalue weighted by atomic mass is 79.9. The van der Waals surface area contributed by atoms with E-state index in [1.807, 2.05) is 36.4 Å². The smallest absolute Gasteiger partial charge is 0.216 e. The molecule has 0 saturated heterocycles. The van der Waals surface area contributed by atoms with Gasteiger partial charge in [-0.15, -0.1) is 0 Å². The molecule has 0 radical (unpaired) electrons. The van der Waals surface area contributed by atoms with Crippen molar-refractivity contribution in [2.24, 2.45) is 5.10 Å². The van der Waals surface area contributed by atoms with E-state index in [-0.39, 0.29) is 5.75 Å². The Hall–Kier alpha value is -3.04. The second-order valence-corrected chi connectivity index (χ2v) is 6.95. The molecule has 0 bridgehead atoms. The van der Waals surface area contributed by atoms with Gasteiger partial charge in [0.15, 0.2) is 0 Å². The highest BCUT2D eigenvalue weighted by Crippen LogP contribution is 2.23. The predicted molar refractivity (Wildman–Crippen MR) is 109 cm³/mol. The summed E-state index contributed by atoms with van der Waals surface area (Å²) < 4.78 is 2.63. The number of nitrogens with zero attached hydrogens (tertiary/aromatic N) is 4. The molecule has 134 valence electrons. The van der Waals surface area contributed by atoms with Crippen LogP contribution in [0.3, 0.4) is 0 Å². The molecule has 0 unspecified atom stereocenters. The van der Waals surface area contributed by atoms with Crippen molar-refractivity contribution in [2.75, 3.05) is 0 Å². The van der Waals surface area contributed by atoms with Crippen LogP contribution < -0.4 is 0 Å². The number of aromatic hydroxyl groups is 1. The van der Waals surface area contributed by atoms with Gasteiger partial charge in [0.25, 0.3) is 0 Å². The average Bonchev–Trinajstić information content (AvgIpc) is 3.30. The number of rotatable bonds is 4. The zero-order valence-electron chi connectivity index (χ0n) is 13.8. The number of phenolic OH excluding ortho intramolecular Hbond substituents is 1. The average molecular weight is 441 g/mol. The number of aromatic nitrogens is 5. The molecule has 7 nitrogen and oxygen atoms in total. The molecule has 9 heteroatoms. The summed E-state index contributed by atoms with van der Waals surface area (Å²) in [7, 11) is 0. The molecule has 2 aromatic heterocycles. The highest BCUT2D eigenvalue weighted by Gasteiger charge is 2.12. The normalized spacial score (nSPS) is 11.3. The number of phenols is 1. The van der Waals surface area contributed by atoms with Crippen LogP contribution in [0.4, 0.5) is 0 Å². The first kappa shape index (κ1) is 17.4. The van der Waals surface area contributed by atoms with Gasteiger partial charge in [0.05, 0.1) is 11.9 Å². The summed E-state index contributed by atoms with van der Waals surface area (Å²) in [5, 5.41) is 28.6. The molecule has 27 heavy (non-hydrogen) atoms. The Morgan fingerprint density at radius 1 is 1.07 bits per heavy atom. The van der Waals surface area contributed by atoms with Crippen molar-refractivity contribution in [3.63, 3.8) is 0 Å². The molecule has 0 atom stereocenters. The minimum Gasteiger partial charge on any atom is -0.507 e. The maximum absolute atomic E-state index is 9.96. The van der Waals surface area contributed by atoms with Crippen LogP contribution in [0.1, 0.15) is 5.56 Å². The topological polar surface area (TPSA) is 94.9 Å². The fraction of sp³-hybridized carbons (Fsp3) is 0. The van der Waals surface area contributed by atoms with Crippen molar-refractivity contribution in [2.45, 2.75) is 0 Å². The lowest BCUT2D eigenvalue weighted by Gasteiger charge is -2.00. The lowest BCUT2D eigenvalue weighted by molar-refractivity contribution is 0.474. The van der Waals surface area contributed by atoms with E-state index in [4.69, 9.17) is 12.2 Å². The van der Waals surface area contributed by atoms with Gasteiger partial charge < -0.3 is 5.11 Å². The standard InChI is InChI=1S/C18H13BrN6OS/c19-13-6-7-16(26)12(8-13)10-20-25-17(23-24-18(25)27)15-9-14(21-22-15)11-4-2-1-3-5-11/h1-10,26H,(H,21,22)(H,24,27). The Kier molecular flexibility index (Phi) is 4.69. The number of H-pyrrole nitrogens is 2. The second-order valence-electron chi connectivity index (χ2n) is 5.64. The summed E-state index contributed by atoms with van der Waals surface area (Å²) in [6.07, 6.45) is 1.52. The Labute approximate surface area is 167 Å². The van der Waals surface area contributed by atoms with E-state index in [1.165, 1.54) is 10.9 Å². The lowest BCUT2D eigenvalue weighted by Crippen LogP contribution is -1.95. The zero-order valence-corrected chi connectivity index (χ0v) is 16.2. The molecule has 0 saturated carbocycles. The molecule has 0 amide bonds. The molecule has 3 N–H and O–H groups in total. The van der Waals surface area contributed by atoms with Crippen molar-refractivity contribution >= 4 is 34.4 Å². The van der Waals surface area contributed by atoms with Gasteiger partial charge in [-0.25, -0.2) is 5.10 Å². The summed E-state index contributed by atoms with van der Waals surface area (Å²) >= 11 is 8.65. The molecular weight excluding hydrogens is 428 g/mol. The van der Waals surface area contributed by atoms with Gasteiger partial charge >= 0.3 is 0 Å². The van der Waals surface area contributed by atoms with Gasteiger partial charge in [-0.1, -0.05) is 46.3 Å². The molecule has 4 aromatic rings. The molecule has 0 fully saturated rings. The van der Waals surface area contributed by atoms with Crippen molar-refractivity contribution < 1.29 is 5.11 Å². The van der Waals surface area contributed by atoms with E-state index in [9.17, 15) is 5.11 Å². The van der Waals surface area contributed by atoms with E-state index in [0.29, 0.717) is 21.9 Å². The summed E-state index contributed by atoms with van der Waals surface area (Å²) in [5.41, 5.74) is 2.99. The number of nitrogens with one attached hydrogen (secondary N) is 2. The number of halogens is 1. The Balaban J connectivity index is 1.71. The molecule has 0 aliphatic rings. The SMILES string of the molecule is Oc1ccc(Br)cc1C=Nn1c(-c2cc(-c3ccccc3)n[nH]2)n[nH]c1=S. The van der Waals surface area contributed by atoms with Crippen LogP contribution in [0.25, 0.3) is 22.8 Å². The molecule has 4 rings (SSSR count). The molecule has 0 aliphatic carbocycles. The van der Waals surface area contributed by atoms with Crippen molar-refractivity contribution in [1.82, 2.24) is 25.1 Å². The fourth-order valence-corrected chi connectivity index (χ4v) is 3.07. The third kappa shape index (κ3) is 3.60. The van der Waals surface area contributed by atoms with Gasteiger partial charge in [-0.2, -0.15) is 20.0 Å². The van der Waals surface area contributed by atoms with Crippen LogP contribution in [0.15, 0.2) is 64.2 Å².